The van der Waals surface area contributed by atoms with Gasteiger partial charge in [0.1, 0.15) is 11.4 Å². The third kappa shape index (κ3) is 2.46. The zero-order chi connectivity index (χ0) is 18.4. The topological polar surface area (TPSA) is 64.4 Å². The molecule has 0 spiro atoms. The second kappa shape index (κ2) is 6.16. The van der Waals surface area contributed by atoms with Gasteiger partial charge in [0.05, 0.1) is 18.1 Å². The van der Waals surface area contributed by atoms with E-state index in [1.54, 1.807) is 13.2 Å². The molecule has 0 bridgehead atoms. The Kier molecular flexibility index (Phi) is 3.94. The molecule has 2 aromatic rings. The maximum atomic E-state index is 11.7. The molecule has 0 amide bonds. The molecule has 0 aromatic heterocycles. The van der Waals surface area contributed by atoms with Gasteiger partial charge in [0, 0.05) is 12.0 Å². The van der Waals surface area contributed by atoms with Crippen LogP contribution in [-0.4, -0.2) is 12.0 Å². The number of fused-ring (bicyclic) bond motifs is 3. The highest BCUT2D eigenvalue weighted by Crippen LogP contribution is 2.53. The zero-order valence-electron chi connectivity index (χ0n) is 15.2. The van der Waals surface area contributed by atoms with Gasteiger partial charge >= 0.3 is 0 Å². The molecule has 0 fully saturated rings. The first-order chi connectivity index (χ1) is 12.5. The Hall–Kier alpha value is -2.82. The van der Waals surface area contributed by atoms with Crippen LogP contribution in [0.3, 0.4) is 0 Å². The smallest absolute Gasteiger partial charge is 0.292 e. The van der Waals surface area contributed by atoms with Gasteiger partial charge in [-0.1, -0.05) is 24.3 Å². The minimum atomic E-state index is -0.278. The molecule has 5 nitrogen and oxygen atoms in total. The Balaban J connectivity index is 1.89. The lowest BCUT2D eigenvalue weighted by molar-refractivity contribution is -0.384. The second-order valence-electron chi connectivity index (χ2n) is 7.14. The third-order valence-electron chi connectivity index (χ3n) is 5.80. The van der Waals surface area contributed by atoms with E-state index in [1.807, 2.05) is 25.1 Å². The average Bonchev–Trinajstić information content (AvgIpc) is 3.13. The summed E-state index contributed by atoms with van der Waals surface area (Å²) < 4.78 is 5.37. The molecular formula is C21H22N2O3. The quantitative estimate of drug-likeness (QED) is 0.478. The lowest BCUT2D eigenvalue weighted by atomic mass is 9.74. The Labute approximate surface area is 152 Å². The van der Waals surface area contributed by atoms with Gasteiger partial charge in [-0.05, 0) is 60.6 Å². The molecule has 3 atom stereocenters. The van der Waals surface area contributed by atoms with Crippen molar-refractivity contribution in [3.05, 3.63) is 74.9 Å². The largest absolute Gasteiger partial charge is 0.497 e. The Morgan fingerprint density at radius 3 is 2.81 bits per heavy atom. The summed E-state index contributed by atoms with van der Waals surface area (Å²) in [5, 5.41) is 15.2. The standard InChI is InChI=1S/C21H22N2O3/c1-12-10-18(23(24)25)21-19(13(12)2)16-8-5-9-17(16)20(22-21)14-6-4-7-15(11-14)26-3/h4-8,10-11,16-17,20,22H,9H2,1-3H3/t16-,17+,20-/m1/s1. The Bertz CT molecular complexity index is 920. The highest BCUT2D eigenvalue weighted by molar-refractivity contribution is 5.74. The van der Waals surface area contributed by atoms with E-state index in [-0.39, 0.29) is 22.6 Å². The number of rotatable bonds is 3. The van der Waals surface area contributed by atoms with Crippen LogP contribution in [0.1, 0.15) is 40.6 Å². The van der Waals surface area contributed by atoms with Crippen LogP contribution in [-0.2, 0) is 0 Å². The number of methoxy groups -OCH3 is 1. The number of nitrogens with one attached hydrogen (secondary N) is 1. The van der Waals surface area contributed by atoms with E-state index in [2.05, 4.69) is 30.5 Å². The fourth-order valence-electron chi connectivity index (χ4n) is 4.39. The maximum absolute atomic E-state index is 11.7. The first-order valence-corrected chi connectivity index (χ1v) is 8.87. The van der Waals surface area contributed by atoms with Gasteiger partial charge < -0.3 is 10.1 Å². The van der Waals surface area contributed by atoms with Crippen molar-refractivity contribution in [1.82, 2.24) is 0 Å². The highest BCUT2D eigenvalue weighted by atomic mass is 16.6. The summed E-state index contributed by atoms with van der Waals surface area (Å²) in [5.41, 5.74) is 5.11. The predicted octanol–water partition coefficient (Wildman–Crippen LogP) is 5.05. The van der Waals surface area contributed by atoms with Crippen molar-refractivity contribution in [1.29, 1.82) is 0 Å². The summed E-state index contributed by atoms with van der Waals surface area (Å²) in [4.78, 5) is 11.4. The number of anilines is 1. The molecule has 2 aromatic carbocycles. The summed E-state index contributed by atoms with van der Waals surface area (Å²) in [5.74, 6) is 1.34. The van der Waals surface area contributed by atoms with Crippen molar-refractivity contribution in [2.24, 2.45) is 5.92 Å². The summed E-state index contributed by atoms with van der Waals surface area (Å²) >= 11 is 0. The van der Waals surface area contributed by atoms with Gasteiger partial charge in [0.25, 0.3) is 5.69 Å². The van der Waals surface area contributed by atoms with Crippen LogP contribution in [0, 0.1) is 29.9 Å². The van der Waals surface area contributed by atoms with Crippen molar-refractivity contribution in [2.75, 3.05) is 12.4 Å². The van der Waals surface area contributed by atoms with Crippen LogP contribution in [0.5, 0.6) is 5.75 Å². The fourth-order valence-corrected chi connectivity index (χ4v) is 4.39. The number of allylic oxidation sites excluding steroid dienone is 2. The van der Waals surface area contributed by atoms with Crippen molar-refractivity contribution in [2.45, 2.75) is 32.2 Å². The van der Waals surface area contributed by atoms with Crippen LogP contribution in [0.25, 0.3) is 0 Å². The SMILES string of the molecule is COc1cccc([C@H]2Nc3c([N+](=O)[O-])cc(C)c(C)c3[C@@H]3C=CC[C@H]23)c1. The summed E-state index contributed by atoms with van der Waals surface area (Å²) in [6.45, 7) is 4.01. The third-order valence-corrected chi connectivity index (χ3v) is 5.80. The van der Waals surface area contributed by atoms with Gasteiger partial charge in [-0.15, -0.1) is 0 Å². The van der Waals surface area contributed by atoms with E-state index in [4.69, 9.17) is 4.74 Å². The monoisotopic (exact) mass is 350 g/mol. The van der Waals surface area contributed by atoms with Crippen LogP contribution < -0.4 is 10.1 Å². The number of nitro benzene ring substituents is 1. The second-order valence-corrected chi connectivity index (χ2v) is 7.14. The van der Waals surface area contributed by atoms with Gasteiger partial charge in [0.2, 0.25) is 0 Å². The number of hydrogen-bond acceptors (Lipinski definition) is 4. The number of nitrogens with zero attached hydrogens (tertiary/aromatic N) is 1. The molecule has 0 saturated carbocycles. The summed E-state index contributed by atoms with van der Waals surface area (Å²) in [6, 6.07) is 9.66. The molecule has 1 aliphatic heterocycles. The molecular weight excluding hydrogens is 328 g/mol. The van der Waals surface area contributed by atoms with E-state index in [0.717, 1.165) is 34.4 Å². The molecule has 134 valence electrons. The fraction of sp³-hybridized carbons (Fsp3) is 0.333. The molecule has 1 aliphatic carbocycles. The highest BCUT2D eigenvalue weighted by Gasteiger charge is 2.41. The lowest BCUT2D eigenvalue weighted by Crippen LogP contribution is -2.30. The minimum absolute atomic E-state index is 0.0124. The molecule has 26 heavy (non-hydrogen) atoms. The summed E-state index contributed by atoms with van der Waals surface area (Å²) in [7, 11) is 1.65. The average molecular weight is 350 g/mol. The van der Waals surface area contributed by atoms with Gasteiger partial charge in [0.15, 0.2) is 0 Å². The first kappa shape index (κ1) is 16.6. The van der Waals surface area contributed by atoms with Crippen molar-refractivity contribution in [3.8, 4) is 5.75 Å². The van der Waals surface area contributed by atoms with Crippen molar-refractivity contribution >= 4 is 11.4 Å². The number of ether oxygens (including phenoxy) is 1. The lowest BCUT2D eigenvalue weighted by Gasteiger charge is -2.38. The number of aryl methyl sites for hydroxylation is 1. The Morgan fingerprint density at radius 2 is 2.08 bits per heavy atom. The molecule has 1 heterocycles. The van der Waals surface area contributed by atoms with Crippen LogP contribution in [0.4, 0.5) is 11.4 Å². The van der Waals surface area contributed by atoms with E-state index < -0.39 is 0 Å². The molecule has 2 aliphatic rings. The van der Waals surface area contributed by atoms with E-state index in [0.29, 0.717) is 11.6 Å². The van der Waals surface area contributed by atoms with Crippen LogP contribution in [0.2, 0.25) is 0 Å². The van der Waals surface area contributed by atoms with Gasteiger partial charge in [-0.2, -0.15) is 0 Å². The zero-order valence-corrected chi connectivity index (χ0v) is 15.2. The molecule has 0 radical (unpaired) electrons. The van der Waals surface area contributed by atoms with Gasteiger partial charge in [-0.3, -0.25) is 10.1 Å². The molecule has 1 N–H and O–H groups in total. The van der Waals surface area contributed by atoms with Crippen molar-refractivity contribution in [3.63, 3.8) is 0 Å². The van der Waals surface area contributed by atoms with Crippen LogP contribution >= 0.6 is 0 Å². The van der Waals surface area contributed by atoms with Crippen molar-refractivity contribution < 1.29 is 9.66 Å². The molecule has 0 saturated heterocycles. The summed E-state index contributed by atoms with van der Waals surface area (Å²) in [6.07, 6.45) is 5.38. The van der Waals surface area contributed by atoms with Gasteiger partial charge in [-0.25, -0.2) is 0 Å². The number of benzene rings is 2. The number of nitro groups is 1. The Morgan fingerprint density at radius 1 is 1.27 bits per heavy atom. The minimum Gasteiger partial charge on any atom is -0.497 e. The predicted molar refractivity (Wildman–Crippen MR) is 102 cm³/mol. The van der Waals surface area contributed by atoms with E-state index >= 15 is 0 Å². The number of hydrogen-bond donors (Lipinski definition) is 1. The van der Waals surface area contributed by atoms with E-state index in [1.165, 1.54) is 0 Å². The van der Waals surface area contributed by atoms with Crippen LogP contribution in [0.15, 0.2) is 42.5 Å². The maximum Gasteiger partial charge on any atom is 0.292 e. The molecule has 0 unspecified atom stereocenters. The first-order valence-electron chi connectivity index (χ1n) is 8.87. The van der Waals surface area contributed by atoms with E-state index in [9.17, 15) is 10.1 Å². The normalized spacial score (nSPS) is 23.1. The molecule has 5 heteroatoms. The molecule has 4 rings (SSSR count).